The Bertz CT molecular complexity index is 537. The number of hydrogen-bond donors (Lipinski definition) is 2. The fraction of sp³-hybridized carbons (Fsp3) is 0.538. The van der Waals surface area contributed by atoms with E-state index < -0.39 is 0 Å². The van der Waals surface area contributed by atoms with Gasteiger partial charge >= 0.3 is 0 Å². The van der Waals surface area contributed by atoms with Gasteiger partial charge in [0.2, 0.25) is 5.95 Å². The normalized spacial score (nSPS) is 11.5. The van der Waals surface area contributed by atoms with Crippen LogP contribution in [0.1, 0.15) is 13.8 Å². The van der Waals surface area contributed by atoms with Gasteiger partial charge in [0.1, 0.15) is 10.6 Å². The number of nitrogens with one attached hydrogen (secondary N) is 2. The molecule has 2 rings (SSSR count). The molecule has 104 valence electrons. The maximum absolute atomic E-state index is 4.49. The van der Waals surface area contributed by atoms with Crippen LogP contribution in [0.25, 0.3) is 10.2 Å². The van der Waals surface area contributed by atoms with Crippen LogP contribution >= 0.6 is 11.3 Å². The Morgan fingerprint density at radius 2 is 2.16 bits per heavy atom. The van der Waals surface area contributed by atoms with Crippen molar-refractivity contribution >= 4 is 33.3 Å². The molecule has 2 heterocycles. The van der Waals surface area contributed by atoms with Crippen LogP contribution in [0.2, 0.25) is 0 Å². The molecule has 6 heteroatoms. The van der Waals surface area contributed by atoms with Gasteiger partial charge in [0, 0.05) is 26.2 Å². The average molecular weight is 279 g/mol. The van der Waals surface area contributed by atoms with Gasteiger partial charge < -0.3 is 15.5 Å². The molecule has 0 spiro atoms. The molecular formula is C13H21N5S. The highest BCUT2D eigenvalue weighted by atomic mass is 32.1. The van der Waals surface area contributed by atoms with Crippen molar-refractivity contribution in [3.8, 4) is 0 Å². The summed E-state index contributed by atoms with van der Waals surface area (Å²) in [6.45, 7) is 6.25. The third-order valence-electron chi connectivity index (χ3n) is 3.19. The number of likely N-dealkylation sites (N-methyl/N-ethyl adjacent to an activating group) is 1. The van der Waals surface area contributed by atoms with Crippen molar-refractivity contribution in [2.75, 3.05) is 37.8 Å². The van der Waals surface area contributed by atoms with E-state index in [9.17, 15) is 0 Å². The molecule has 0 aromatic carbocycles. The van der Waals surface area contributed by atoms with E-state index in [4.69, 9.17) is 0 Å². The van der Waals surface area contributed by atoms with E-state index in [1.807, 2.05) is 12.4 Å². The lowest BCUT2D eigenvalue weighted by molar-refractivity contribution is 0.284. The van der Waals surface area contributed by atoms with Gasteiger partial charge in [-0.25, -0.2) is 4.98 Å². The molecular weight excluding hydrogens is 258 g/mol. The van der Waals surface area contributed by atoms with E-state index in [0.717, 1.165) is 29.1 Å². The fourth-order valence-corrected chi connectivity index (χ4v) is 2.47. The van der Waals surface area contributed by atoms with Crippen molar-refractivity contribution in [2.45, 2.75) is 19.9 Å². The second-order valence-corrected chi connectivity index (χ2v) is 5.68. The zero-order valence-corrected chi connectivity index (χ0v) is 12.7. The van der Waals surface area contributed by atoms with Crippen molar-refractivity contribution in [3.05, 3.63) is 11.4 Å². The predicted octanol–water partition coefficient (Wildman–Crippen LogP) is 2.49. The molecule has 0 unspecified atom stereocenters. The van der Waals surface area contributed by atoms with Crippen LogP contribution in [0.5, 0.6) is 0 Å². The minimum absolute atomic E-state index is 0.557. The molecule has 19 heavy (non-hydrogen) atoms. The van der Waals surface area contributed by atoms with Crippen molar-refractivity contribution in [3.63, 3.8) is 0 Å². The van der Waals surface area contributed by atoms with E-state index in [-0.39, 0.29) is 0 Å². The number of hydrogen-bond acceptors (Lipinski definition) is 6. The summed E-state index contributed by atoms with van der Waals surface area (Å²) in [5.41, 5.74) is 0. The fourth-order valence-electron chi connectivity index (χ4n) is 1.71. The first-order valence-electron chi connectivity index (χ1n) is 6.49. The smallest absolute Gasteiger partial charge is 0.225 e. The maximum atomic E-state index is 4.49. The van der Waals surface area contributed by atoms with Gasteiger partial charge in [-0.1, -0.05) is 0 Å². The first-order chi connectivity index (χ1) is 9.11. The van der Waals surface area contributed by atoms with Gasteiger partial charge in [-0.05, 0) is 32.3 Å². The number of nitrogens with zero attached hydrogens (tertiary/aromatic N) is 3. The van der Waals surface area contributed by atoms with Gasteiger partial charge in [-0.15, -0.1) is 11.3 Å². The second kappa shape index (κ2) is 6.16. The lowest BCUT2D eigenvalue weighted by Gasteiger charge is -2.21. The Morgan fingerprint density at radius 1 is 1.37 bits per heavy atom. The van der Waals surface area contributed by atoms with Crippen LogP contribution in [-0.2, 0) is 0 Å². The molecule has 0 radical (unpaired) electrons. The molecule has 2 aromatic rings. The van der Waals surface area contributed by atoms with E-state index >= 15 is 0 Å². The lowest BCUT2D eigenvalue weighted by Crippen LogP contribution is -2.31. The molecule has 0 aliphatic heterocycles. The molecule has 0 atom stereocenters. The molecule has 0 amide bonds. The van der Waals surface area contributed by atoms with Crippen LogP contribution in [0.15, 0.2) is 11.4 Å². The van der Waals surface area contributed by atoms with Crippen LogP contribution in [0.3, 0.4) is 0 Å². The van der Waals surface area contributed by atoms with E-state index in [1.54, 1.807) is 11.3 Å². The minimum atomic E-state index is 0.557. The zero-order valence-electron chi connectivity index (χ0n) is 11.9. The van der Waals surface area contributed by atoms with E-state index in [0.29, 0.717) is 12.0 Å². The van der Waals surface area contributed by atoms with Gasteiger partial charge in [0.25, 0.3) is 0 Å². The van der Waals surface area contributed by atoms with Crippen molar-refractivity contribution in [1.82, 2.24) is 14.9 Å². The predicted molar refractivity (Wildman–Crippen MR) is 83.2 cm³/mol. The molecule has 0 aliphatic rings. The summed E-state index contributed by atoms with van der Waals surface area (Å²) in [4.78, 5) is 12.2. The van der Waals surface area contributed by atoms with Crippen LogP contribution in [0, 0.1) is 0 Å². The maximum Gasteiger partial charge on any atom is 0.225 e. The third-order valence-corrected chi connectivity index (χ3v) is 3.99. The minimum Gasteiger partial charge on any atom is -0.368 e. The summed E-state index contributed by atoms with van der Waals surface area (Å²) in [5.74, 6) is 1.57. The first kappa shape index (κ1) is 14.0. The quantitative estimate of drug-likeness (QED) is 0.851. The largest absolute Gasteiger partial charge is 0.368 e. The Balaban J connectivity index is 2.09. The number of rotatable bonds is 6. The van der Waals surface area contributed by atoms with Crippen LogP contribution in [-0.4, -0.2) is 48.1 Å². The first-order valence-corrected chi connectivity index (χ1v) is 7.37. The Labute approximate surface area is 118 Å². The number of anilines is 2. The molecule has 0 saturated carbocycles. The standard InChI is InChI=1S/C13H21N5S/c1-9(2)18(4)7-6-15-11-10-5-8-19-12(10)17-13(14-3)16-11/h5,8-9H,6-7H2,1-4H3,(H2,14,15,16,17). The van der Waals surface area contributed by atoms with Crippen molar-refractivity contribution in [1.29, 1.82) is 0 Å². The van der Waals surface area contributed by atoms with E-state index in [2.05, 4.69) is 52.5 Å². The summed E-state index contributed by atoms with van der Waals surface area (Å²) in [7, 11) is 3.97. The lowest BCUT2D eigenvalue weighted by atomic mass is 10.3. The SMILES string of the molecule is CNc1nc(NCCN(C)C(C)C)c2ccsc2n1. The summed E-state index contributed by atoms with van der Waals surface area (Å²) in [6.07, 6.45) is 0. The van der Waals surface area contributed by atoms with Gasteiger partial charge in [-0.3, -0.25) is 0 Å². The molecule has 0 aliphatic carbocycles. The monoisotopic (exact) mass is 279 g/mol. The zero-order chi connectivity index (χ0) is 13.8. The van der Waals surface area contributed by atoms with Crippen molar-refractivity contribution in [2.24, 2.45) is 0 Å². The topological polar surface area (TPSA) is 53.1 Å². The third kappa shape index (κ3) is 3.33. The van der Waals surface area contributed by atoms with Crippen LogP contribution in [0.4, 0.5) is 11.8 Å². The van der Waals surface area contributed by atoms with Crippen molar-refractivity contribution < 1.29 is 0 Å². The molecule has 0 bridgehead atoms. The summed E-state index contributed by atoms with van der Waals surface area (Å²) < 4.78 is 0. The second-order valence-electron chi connectivity index (χ2n) is 4.79. The van der Waals surface area contributed by atoms with Gasteiger partial charge in [0.05, 0.1) is 5.39 Å². The Kier molecular flexibility index (Phi) is 4.55. The van der Waals surface area contributed by atoms with Gasteiger partial charge in [0.15, 0.2) is 0 Å². The number of thiophene rings is 1. The summed E-state index contributed by atoms with van der Waals surface area (Å²) in [5, 5.41) is 9.55. The summed E-state index contributed by atoms with van der Waals surface area (Å²) in [6, 6.07) is 2.62. The summed E-state index contributed by atoms with van der Waals surface area (Å²) >= 11 is 1.63. The van der Waals surface area contributed by atoms with Crippen LogP contribution < -0.4 is 10.6 Å². The number of aromatic nitrogens is 2. The van der Waals surface area contributed by atoms with E-state index in [1.165, 1.54) is 0 Å². The number of fused-ring (bicyclic) bond motifs is 1. The highest BCUT2D eigenvalue weighted by Crippen LogP contribution is 2.26. The molecule has 0 saturated heterocycles. The Morgan fingerprint density at radius 3 is 2.84 bits per heavy atom. The molecule has 0 fully saturated rings. The molecule has 5 nitrogen and oxygen atoms in total. The Hall–Kier alpha value is -1.40. The average Bonchev–Trinajstić information content (AvgIpc) is 2.86. The highest BCUT2D eigenvalue weighted by molar-refractivity contribution is 7.16. The van der Waals surface area contributed by atoms with Gasteiger partial charge in [-0.2, -0.15) is 4.98 Å². The molecule has 2 N–H and O–H groups in total. The highest BCUT2D eigenvalue weighted by Gasteiger charge is 2.08. The molecule has 2 aromatic heterocycles.